The molecule has 0 amide bonds. The highest BCUT2D eigenvalue weighted by Crippen LogP contribution is 2.18. The molecule has 7 heteroatoms. The molecule has 24 heavy (non-hydrogen) atoms. The van der Waals surface area contributed by atoms with Gasteiger partial charge < -0.3 is 4.74 Å². The topological polar surface area (TPSA) is 81.2 Å². The van der Waals surface area contributed by atoms with Crippen molar-refractivity contribution in [3.63, 3.8) is 0 Å². The van der Waals surface area contributed by atoms with Crippen LogP contribution in [0.4, 0.5) is 0 Å². The molecule has 6 nitrogen and oxygen atoms in total. The summed E-state index contributed by atoms with van der Waals surface area (Å²) < 4.78 is 6.10. The van der Waals surface area contributed by atoms with E-state index in [0.29, 0.717) is 21.3 Å². The molecule has 0 atom stereocenters. The molecule has 0 aliphatic rings. The van der Waals surface area contributed by atoms with Gasteiger partial charge in [-0.05, 0) is 37.6 Å². The van der Waals surface area contributed by atoms with Crippen molar-refractivity contribution in [1.82, 2.24) is 9.55 Å². The largest absolute Gasteiger partial charge is 0.462 e. The molecule has 0 aliphatic heterocycles. The Morgan fingerprint density at radius 2 is 2.08 bits per heavy atom. The van der Waals surface area contributed by atoms with Gasteiger partial charge in [0.2, 0.25) is 0 Å². The number of hydrogen-bond acceptors (Lipinski definition) is 5. The number of H-pyrrole nitrogens is 1. The van der Waals surface area contributed by atoms with Crippen LogP contribution in [0.25, 0.3) is 10.2 Å². The lowest BCUT2D eigenvalue weighted by Gasteiger charge is -2.07. The van der Waals surface area contributed by atoms with Crippen molar-refractivity contribution >= 4 is 27.5 Å². The Kier molecular flexibility index (Phi) is 4.35. The molecule has 2 aromatic heterocycles. The van der Waals surface area contributed by atoms with Crippen molar-refractivity contribution < 1.29 is 9.53 Å². The number of aryl methyl sites for hydroxylation is 1. The first-order valence-electron chi connectivity index (χ1n) is 7.49. The molecule has 0 spiro atoms. The Morgan fingerprint density at radius 1 is 1.29 bits per heavy atom. The number of aromatic amines is 1. The van der Waals surface area contributed by atoms with Gasteiger partial charge in [0.25, 0.3) is 5.56 Å². The van der Waals surface area contributed by atoms with Crippen LogP contribution < -0.4 is 11.2 Å². The first-order valence-corrected chi connectivity index (χ1v) is 8.30. The third-order valence-electron chi connectivity index (χ3n) is 3.58. The maximum absolute atomic E-state index is 12.5. The maximum Gasteiger partial charge on any atom is 0.338 e. The van der Waals surface area contributed by atoms with E-state index >= 15 is 0 Å². The molecule has 0 saturated heterocycles. The van der Waals surface area contributed by atoms with E-state index in [1.54, 1.807) is 37.3 Å². The van der Waals surface area contributed by atoms with Crippen LogP contribution in [0.3, 0.4) is 0 Å². The molecular weight excluding hydrogens is 328 g/mol. The predicted octanol–water partition coefficient (Wildman–Crippen LogP) is 2.28. The highest BCUT2D eigenvalue weighted by atomic mass is 32.1. The summed E-state index contributed by atoms with van der Waals surface area (Å²) in [7, 11) is 0. The summed E-state index contributed by atoms with van der Waals surface area (Å²) in [5.41, 5.74) is 0.279. The third-order valence-corrected chi connectivity index (χ3v) is 4.54. The average Bonchev–Trinajstić information content (AvgIpc) is 2.92. The number of carbonyl (C=O) groups excluding carboxylic acids is 1. The molecule has 2 heterocycles. The molecule has 1 N–H and O–H groups in total. The number of aromatic nitrogens is 2. The second kappa shape index (κ2) is 6.45. The monoisotopic (exact) mass is 344 g/mol. The van der Waals surface area contributed by atoms with Crippen LogP contribution in [0, 0.1) is 6.92 Å². The van der Waals surface area contributed by atoms with E-state index in [1.165, 1.54) is 11.3 Å². The number of rotatable bonds is 4. The van der Waals surface area contributed by atoms with Gasteiger partial charge in [-0.15, -0.1) is 11.3 Å². The van der Waals surface area contributed by atoms with E-state index in [0.717, 1.165) is 9.44 Å². The lowest BCUT2D eigenvalue weighted by molar-refractivity contribution is 0.0526. The van der Waals surface area contributed by atoms with Gasteiger partial charge in [0.15, 0.2) is 0 Å². The van der Waals surface area contributed by atoms with E-state index in [9.17, 15) is 14.4 Å². The van der Waals surface area contributed by atoms with Gasteiger partial charge in [-0.2, -0.15) is 0 Å². The van der Waals surface area contributed by atoms with Gasteiger partial charge in [0.1, 0.15) is 4.83 Å². The number of nitrogens with zero attached hydrogens (tertiary/aromatic N) is 1. The van der Waals surface area contributed by atoms with Crippen LogP contribution in [-0.2, 0) is 11.3 Å². The molecule has 1 aromatic carbocycles. The van der Waals surface area contributed by atoms with Crippen LogP contribution in [0.2, 0.25) is 0 Å². The van der Waals surface area contributed by atoms with Crippen LogP contribution in [0.15, 0.2) is 39.9 Å². The third kappa shape index (κ3) is 3.03. The van der Waals surface area contributed by atoms with Crippen molar-refractivity contribution in [2.45, 2.75) is 20.4 Å². The minimum atomic E-state index is -0.462. The fourth-order valence-electron chi connectivity index (χ4n) is 2.51. The highest BCUT2D eigenvalue weighted by molar-refractivity contribution is 7.18. The van der Waals surface area contributed by atoms with Crippen LogP contribution in [0.1, 0.15) is 27.7 Å². The van der Waals surface area contributed by atoms with Gasteiger partial charge in [-0.3, -0.25) is 14.3 Å². The minimum absolute atomic E-state index is 0.0895. The quantitative estimate of drug-likeness (QED) is 0.736. The SMILES string of the molecule is CCOC(=O)c1cccc(Cn2c(=O)[nH]c3sc(C)cc3c2=O)c1. The second-order valence-electron chi connectivity index (χ2n) is 5.34. The zero-order valence-corrected chi connectivity index (χ0v) is 14.1. The number of thiophene rings is 1. The van der Waals surface area contributed by atoms with Gasteiger partial charge in [-0.1, -0.05) is 12.1 Å². The Hall–Kier alpha value is -2.67. The van der Waals surface area contributed by atoms with E-state index < -0.39 is 11.7 Å². The van der Waals surface area contributed by atoms with E-state index in [2.05, 4.69) is 4.98 Å². The normalized spacial score (nSPS) is 10.9. The van der Waals surface area contributed by atoms with Crippen molar-refractivity contribution in [2.24, 2.45) is 0 Å². The summed E-state index contributed by atoms with van der Waals surface area (Å²) in [4.78, 5) is 40.8. The number of esters is 1. The minimum Gasteiger partial charge on any atom is -0.462 e. The molecule has 124 valence electrons. The average molecular weight is 344 g/mol. The fraction of sp³-hybridized carbons (Fsp3) is 0.235. The first-order chi connectivity index (χ1) is 11.5. The first kappa shape index (κ1) is 16.2. The van der Waals surface area contributed by atoms with Crippen LogP contribution >= 0.6 is 11.3 Å². The number of carbonyl (C=O) groups is 1. The zero-order valence-electron chi connectivity index (χ0n) is 13.3. The molecule has 0 unspecified atom stereocenters. The summed E-state index contributed by atoms with van der Waals surface area (Å²) in [6.07, 6.45) is 0. The Labute approximate surface area is 141 Å². The highest BCUT2D eigenvalue weighted by Gasteiger charge is 2.12. The second-order valence-corrected chi connectivity index (χ2v) is 6.60. The van der Waals surface area contributed by atoms with Gasteiger partial charge in [0.05, 0.1) is 24.1 Å². The number of fused-ring (bicyclic) bond motifs is 1. The van der Waals surface area contributed by atoms with Gasteiger partial charge in [0, 0.05) is 4.88 Å². The zero-order chi connectivity index (χ0) is 17.3. The molecule has 0 fully saturated rings. The van der Waals surface area contributed by atoms with Crippen molar-refractivity contribution in [1.29, 1.82) is 0 Å². The summed E-state index contributed by atoms with van der Waals surface area (Å²) in [6, 6.07) is 8.50. The molecular formula is C17H16N2O4S. The van der Waals surface area contributed by atoms with E-state index in [4.69, 9.17) is 4.74 Å². The van der Waals surface area contributed by atoms with E-state index in [1.807, 2.05) is 6.92 Å². The van der Waals surface area contributed by atoms with Gasteiger partial charge in [-0.25, -0.2) is 9.59 Å². The molecule has 0 radical (unpaired) electrons. The summed E-state index contributed by atoms with van der Waals surface area (Å²) in [5, 5.41) is 0.499. The van der Waals surface area contributed by atoms with Crippen molar-refractivity contribution in [3.05, 3.63) is 67.2 Å². The van der Waals surface area contributed by atoms with Crippen molar-refractivity contribution in [3.8, 4) is 0 Å². The summed E-state index contributed by atoms with van der Waals surface area (Å²) >= 11 is 1.38. The van der Waals surface area contributed by atoms with Crippen LogP contribution in [0.5, 0.6) is 0 Å². The number of ether oxygens (including phenoxy) is 1. The summed E-state index contributed by atoms with van der Waals surface area (Å²) in [6.45, 7) is 4.00. The standard InChI is InChI=1S/C17H16N2O4S/c1-3-23-16(21)12-6-4-5-11(8-12)9-19-15(20)13-7-10(2)24-14(13)18-17(19)22/h4-8H,3,9H2,1-2H3,(H,18,22). The summed E-state index contributed by atoms with van der Waals surface area (Å²) in [5.74, 6) is -0.426. The Balaban J connectivity index is 2.01. The van der Waals surface area contributed by atoms with E-state index in [-0.39, 0.29) is 18.7 Å². The molecule has 0 bridgehead atoms. The lowest BCUT2D eigenvalue weighted by Crippen LogP contribution is -2.34. The lowest BCUT2D eigenvalue weighted by atomic mass is 10.1. The Morgan fingerprint density at radius 3 is 2.83 bits per heavy atom. The number of hydrogen-bond donors (Lipinski definition) is 1. The fourth-order valence-corrected chi connectivity index (χ4v) is 3.40. The smallest absolute Gasteiger partial charge is 0.338 e. The number of benzene rings is 1. The number of nitrogens with one attached hydrogen (secondary N) is 1. The molecule has 3 aromatic rings. The Bertz CT molecular complexity index is 1030. The molecule has 0 aliphatic carbocycles. The predicted molar refractivity (Wildman–Crippen MR) is 92.9 cm³/mol. The molecule has 0 saturated carbocycles. The van der Waals surface area contributed by atoms with Gasteiger partial charge >= 0.3 is 11.7 Å². The molecule has 3 rings (SSSR count). The van der Waals surface area contributed by atoms with Crippen molar-refractivity contribution in [2.75, 3.05) is 6.61 Å². The van der Waals surface area contributed by atoms with Crippen LogP contribution in [-0.4, -0.2) is 22.1 Å². The maximum atomic E-state index is 12.5.